The van der Waals surface area contributed by atoms with Crippen LogP contribution in [0.15, 0.2) is 17.3 Å². The molecule has 10 heteroatoms. The maximum Gasteiger partial charge on any atom is 0.409 e. The molecule has 1 aromatic heterocycles. The van der Waals surface area contributed by atoms with Crippen molar-refractivity contribution in [2.45, 2.75) is 25.8 Å². The van der Waals surface area contributed by atoms with Crippen molar-refractivity contribution >= 4 is 35.3 Å². The summed E-state index contributed by atoms with van der Waals surface area (Å²) in [7, 11) is 0. The lowest BCUT2D eigenvalue weighted by atomic mass is 10.1. The first-order chi connectivity index (χ1) is 12.5. The Labute approximate surface area is 162 Å². The lowest BCUT2D eigenvalue weighted by molar-refractivity contribution is 0.0963. The summed E-state index contributed by atoms with van der Waals surface area (Å²) in [5, 5.41) is 3.96. The van der Waals surface area contributed by atoms with Gasteiger partial charge in [0.25, 0.3) is 0 Å². The highest BCUT2D eigenvalue weighted by molar-refractivity contribution is 6.35. The molecule has 1 aliphatic rings. The molecular formula is C16H23Cl2N5O3. The van der Waals surface area contributed by atoms with Gasteiger partial charge in [-0.15, -0.1) is 0 Å². The fraction of sp³-hybridized carbons (Fsp3) is 0.562. The van der Waals surface area contributed by atoms with E-state index in [9.17, 15) is 4.79 Å². The number of hydrogen-bond donors (Lipinski definition) is 2. The quantitative estimate of drug-likeness (QED) is 0.429. The predicted octanol–water partition coefficient (Wildman–Crippen LogP) is 2.29. The van der Waals surface area contributed by atoms with Gasteiger partial charge in [0.1, 0.15) is 11.6 Å². The number of nitrogens with one attached hydrogen (secondary N) is 1. The number of carbonyl (C=O) groups is 1. The molecule has 0 unspecified atom stereocenters. The molecule has 1 amide bonds. The van der Waals surface area contributed by atoms with E-state index in [1.807, 2.05) is 0 Å². The van der Waals surface area contributed by atoms with Gasteiger partial charge in [0.15, 0.2) is 5.96 Å². The van der Waals surface area contributed by atoms with E-state index in [4.69, 9.17) is 38.4 Å². The van der Waals surface area contributed by atoms with E-state index >= 15 is 0 Å². The minimum Gasteiger partial charge on any atom is -0.475 e. The second-order valence-electron chi connectivity index (χ2n) is 5.66. The first kappa shape index (κ1) is 20.4. The molecule has 1 aliphatic heterocycles. The number of likely N-dealkylation sites (tertiary alicyclic amines) is 1. The molecule has 0 saturated carbocycles. The van der Waals surface area contributed by atoms with Gasteiger partial charge in [-0.25, -0.2) is 14.8 Å². The number of pyridine rings is 1. The zero-order chi connectivity index (χ0) is 18.9. The zero-order valence-electron chi connectivity index (χ0n) is 14.6. The molecule has 0 aromatic carbocycles. The lowest BCUT2D eigenvalue weighted by Crippen LogP contribution is -2.48. The molecule has 0 spiro atoms. The van der Waals surface area contributed by atoms with Crippen LogP contribution in [0.5, 0.6) is 5.88 Å². The Morgan fingerprint density at radius 3 is 2.85 bits per heavy atom. The second kappa shape index (κ2) is 10.3. The maximum absolute atomic E-state index is 11.7. The molecule has 1 saturated heterocycles. The van der Waals surface area contributed by atoms with Crippen molar-refractivity contribution in [1.82, 2.24) is 15.2 Å². The molecule has 2 rings (SSSR count). The summed E-state index contributed by atoms with van der Waals surface area (Å²) < 4.78 is 10.4. The summed E-state index contributed by atoms with van der Waals surface area (Å²) in [6.45, 7) is 4.10. The Morgan fingerprint density at radius 1 is 1.46 bits per heavy atom. The highest BCUT2D eigenvalue weighted by atomic mass is 35.5. The average Bonchev–Trinajstić information content (AvgIpc) is 2.61. The number of nitrogens with zero attached hydrogens (tertiary/aromatic N) is 3. The molecule has 2 heterocycles. The SMILES string of the molecule is CCOC(=O)N1CCC(NC(N)=NCCOc2ncc(Cl)cc2Cl)CC1. The van der Waals surface area contributed by atoms with Crippen LogP contribution in [0.1, 0.15) is 19.8 Å². The summed E-state index contributed by atoms with van der Waals surface area (Å²) in [6.07, 6.45) is 2.77. The van der Waals surface area contributed by atoms with Gasteiger partial charge in [0, 0.05) is 25.3 Å². The Balaban J connectivity index is 1.68. The molecule has 0 bridgehead atoms. The van der Waals surface area contributed by atoms with Crippen LogP contribution in [0.25, 0.3) is 0 Å². The summed E-state index contributed by atoms with van der Waals surface area (Å²) in [6, 6.07) is 1.74. The Bertz CT molecular complexity index is 636. The van der Waals surface area contributed by atoms with Crippen LogP contribution in [0.3, 0.4) is 0 Å². The van der Waals surface area contributed by atoms with Crippen molar-refractivity contribution in [2.75, 3.05) is 32.8 Å². The van der Waals surface area contributed by atoms with Gasteiger partial charge in [-0.2, -0.15) is 0 Å². The molecule has 1 fully saturated rings. The minimum absolute atomic E-state index is 0.178. The third-order valence-corrected chi connectivity index (χ3v) is 4.24. The Kier molecular flexibility index (Phi) is 8.06. The van der Waals surface area contributed by atoms with E-state index in [1.165, 1.54) is 6.20 Å². The lowest BCUT2D eigenvalue weighted by Gasteiger charge is -2.31. The van der Waals surface area contributed by atoms with Crippen molar-refractivity contribution in [3.05, 3.63) is 22.3 Å². The van der Waals surface area contributed by atoms with Crippen LogP contribution in [0, 0.1) is 0 Å². The fourth-order valence-corrected chi connectivity index (χ4v) is 2.93. The monoisotopic (exact) mass is 403 g/mol. The highest BCUT2D eigenvalue weighted by Crippen LogP contribution is 2.24. The zero-order valence-corrected chi connectivity index (χ0v) is 16.1. The fourth-order valence-electron chi connectivity index (χ4n) is 2.49. The number of piperidine rings is 1. The number of nitrogens with two attached hydrogens (primary N) is 1. The van der Waals surface area contributed by atoms with Gasteiger partial charge in [0.05, 0.1) is 18.2 Å². The molecule has 26 heavy (non-hydrogen) atoms. The molecular weight excluding hydrogens is 381 g/mol. The van der Waals surface area contributed by atoms with Crippen molar-refractivity contribution in [1.29, 1.82) is 0 Å². The number of amides is 1. The van der Waals surface area contributed by atoms with Crippen LogP contribution in [-0.2, 0) is 4.74 Å². The van der Waals surface area contributed by atoms with Crippen LogP contribution < -0.4 is 15.8 Å². The first-order valence-electron chi connectivity index (χ1n) is 8.41. The largest absolute Gasteiger partial charge is 0.475 e. The summed E-state index contributed by atoms with van der Waals surface area (Å²) in [5.74, 6) is 0.655. The van der Waals surface area contributed by atoms with Crippen molar-refractivity contribution < 1.29 is 14.3 Å². The molecule has 8 nitrogen and oxygen atoms in total. The number of ether oxygens (including phenoxy) is 2. The van der Waals surface area contributed by atoms with E-state index < -0.39 is 0 Å². The number of halogens is 2. The molecule has 1 aromatic rings. The third kappa shape index (κ3) is 6.42. The second-order valence-corrected chi connectivity index (χ2v) is 6.50. The van der Waals surface area contributed by atoms with E-state index in [2.05, 4.69) is 15.3 Å². The number of hydrogen-bond acceptors (Lipinski definition) is 5. The van der Waals surface area contributed by atoms with Crippen molar-refractivity contribution in [2.24, 2.45) is 10.7 Å². The van der Waals surface area contributed by atoms with Crippen molar-refractivity contribution in [3.63, 3.8) is 0 Å². The van der Waals surface area contributed by atoms with Crippen LogP contribution in [0.4, 0.5) is 4.79 Å². The summed E-state index contributed by atoms with van der Waals surface area (Å²) in [4.78, 5) is 21.6. The number of aliphatic imine (C=N–C) groups is 1. The smallest absolute Gasteiger partial charge is 0.409 e. The first-order valence-corrected chi connectivity index (χ1v) is 9.17. The van der Waals surface area contributed by atoms with Crippen LogP contribution in [-0.4, -0.2) is 60.8 Å². The molecule has 0 aliphatic carbocycles. The van der Waals surface area contributed by atoms with Gasteiger partial charge in [0.2, 0.25) is 5.88 Å². The van der Waals surface area contributed by atoms with E-state index in [0.717, 1.165) is 12.8 Å². The number of guanidine groups is 1. The van der Waals surface area contributed by atoms with Crippen LogP contribution in [0.2, 0.25) is 10.0 Å². The minimum atomic E-state index is -0.265. The van der Waals surface area contributed by atoms with E-state index in [1.54, 1.807) is 17.9 Å². The van der Waals surface area contributed by atoms with Crippen molar-refractivity contribution in [3.8, 4) is 5.88 Å². The average molecular weight is 404 g/mol. The Hall–Kier alpha value is -1.93. The van der Waals surface area contributed by atoms with E-state index in [-0.39, 0.29) is 18.7 Å². The van der Waals surface area contributed by atoms with E-state index in [0.29, 0.717) is 48.1 Å². The molecule has 0 radical (unpaired) electrons. The van der Waals surface area contributed by atoms with Gasteiger partial charge < -0.3 is 25.4 Å². The van der Waals surface area contributed by atoms with Gasteiger partial charge in [-0.3, -0.25) is 0 Å². The third-order valence-electron chi connectivity index (χ3n) is 3.76. The summed E-state index contributed by atoms with van der Waals surface area (Å²) in [5.41, 5.74) is 5.89. The number of aromatic nitrogens is 1. The number of carbonyl (C=O) groups excluding carboxylic acids is 1. The highest BCUT2D eigenvalue weighted by Gasteiger charge is 2.23. The molecule has 0 atom stereocenters. The van der Waals surface area contributed by atoms with Gasteiger partial charge >= 0.3 is 6.09 Å². The standard InChI is InChI=1S/C16H23Cl2N5O3/c1-2-25-16(24)23-6-3-12(4-7-23)22-15(19)20-5-8-26-14-13(18)9-11(17)10-21-14/h9-10,12H,2-8H2,1H3,(H3,19,20,22). The van der Waals surface area contributed by atoms with Gasteiger partial charge in [-0.1, -0.05) is 23.2 Å². The van der Waals surface area contributed by atoms with Crippen LogP contribution >= 0.6 is 23.2 Å². The molecule has 144 valence electrons. The Morgan fingerprint density at radius 2 is 2.19 bits per heavy atom. The maximum atomic E-state index is 11.7. The van der Waals surface area contributed by atoms with Gasteiger partial charge in [-0.05, 0) is 25.8 Å². The normalized spacial score (nSPS) is 15.7. The predicted molar refractivity (Wildman–Crippen MR) is 101 cm³/mol. The summed E-state index contributed by atoms with van der Waals surface area (Å²) >= 11 is 11.7. The topological polar surface area (TPSA) is 102 Å². The molecule has 3 N–H and O–H groups in total. The number of rotatable bonds is 6.